The lowest BCUT2D eigenvalue weighted by Gasteiger charge is -2.22. The van der Waals surface area contributed by atoms with Gasteiger partial charge in [0.2, 0.25) is 0 Å². The molecule has 0 fully saturated rings. The number of H-pyrrole nitrogens is 1. The molecule has 9 heteroatoms. The standard InChI is InChI=1S/C20H19F2N5O2/c1-12(23)27(11-13-7-15(21)3-6-18(13)22)20(28)26-16-4-5-17(19(8-16)29-2)14-9-24-25-10-14/h3-10,23H,11H2,1-2H3,(H,24,25)(H,26,28). The Morgan fingerprint density at radius 2 is 2.07 bits per heavy atom. The summed E-state index contributed by atoms with van der Waals surface area (Å²) in [5.74, 6) is -0.882. The van der Waals surface area contributed by atoms with Crippen molar-refractivity contribution in [2.45, 2.75) is 13.5 Å². The van der Waals surface area contributed by atoms with Gasteiger partial charge in [-0.25, -0.2) is 13.6 Å². The predicted molar refractivity (Wildman–Crippen MR) is 105 cm³/mol. The monoisotopic (exact) mass is 399 g/mol. The highest BCUT2D eigenvalue weighted by atomic mass is 19.1. The predicted octanol–water partition coefficient (Wildman–Crippen LogP) is 4.39. The van der Waals surface area contributed by atoms with Gasteiger partial charge in [-0.2, -0.15) is 5.10 Å². The highest BCUT2D eigenvalue weighted by Crippen LogP contribution is 2.32. The van der Waals surface area contributed by atoms with Crippen molar-refractivity contribution in [1.29, 1.82) is 5.41 Å². The fourth-order valence-corrected chi connectivity index (χ4v) is 2.77. The molecule has 0 bridgehead atoms. The smallest absolute Gasteiger partial charge is 0.327 e. The number of aromatic amines is 1. The molecule has 1 aromatic heterocycles. The summed E-state index contributed by atoms with van der Waals surface area (Å²) in [6.45, 7) is 1.11. The Labute approximate surface area is 165 Å². The SMILES string of the molecule is COc1cc(NC(=O)N(Cc2cc(F)ccc2F)C(C)=N)ccc1-c1cn[nH]c1. The van der Waals surface area contributed by atoms with Crippen LogP contribution in [0.2, 0.25) is 0 Å². The third-order valence-corrected chi connectivity index (χ3v) is 4.25. The van der Waals surface area contributed by atoms with E-state index >= 15 is 0 Å². The Bertz CT molecular complexity index is 1040. The topological polar surface area (TPSA) is 94.1 Å². The number of amidine groups is 1. The highest BCUT2D eigenvalue weighted by Gasteiger charge is 2.19. The molecule has 7 nitrogen and oxygen atoms in total. The number of amides is 2. The van der Waals surface area contributed by atoms with Gasteiger partial charge in [0, 0.05) is 34.6 Å². The number of rotatable bonds is 5. The number of carbonyl (C=O) groups excluding carboxylic acids is 1. The minimum absolute atomic E-state index is 0.0281. The van der Waals surface area contributed by atoms with Gasteiger partial charge >= 0.3 is 6.03 Å². The van der Waals surface area contributed by atoms with Crippen molar-refractivity contribution in [2.24, 2.45) is 0 Å². The van der Waals surface area contributed by atoms with E-state index in [9.17, 15) is 13.6 Å². The van der Waals surface area contributed by atoms with Gasteiger partial charge in [-0.05, 0) is 37.3 Å². The molecule has 0 aliphatic rings. The first kappa shape index (κ1) is 20.0. The zero-order valence-electron chi connectivity index (χ0n) is 15.8. The number of methoxy groups -OCH3 is 1. The number of ether oxygens (including phenoxy) is 1. The summed E-state index contributed by atoms with van der Waals surface area (Å²) >= 11 is 0. The molecular formula is C20H19F2N5O2. The van der Waals surface area contributed by atoms with Crippen LogP contribution >= 0.6 is 0 Å². The van der Waals surface area contributed by atoms with Crippen molar-refractivity contribution in [3.8, 4) is 16.9 Å². The molecule has 0 spiro atoms. The summed E-state index contributed by atoms with van der Waals surface area (Å²) in [4.78, 5) is 13.7. The van der Waals surface area contributed by atoms with Crippen LogP contribution in [0.5, 0.6) is 5.75 Å². The van der Waals surface area contributed by atoms with Crippen molar-refractivity contribution in [3.63, 3.8) is 0 Å². The molecule has 0 atom stereocenters. The van der Waals surface area contributed by atoms with Gasteiger partial charge in [-0.3, -0.25) is 15.4 Å². The first-order chi connectivity index (χ1) is 13.9. The summed E-state index contributed by atoms with van der Waals surface area (Å²) in [6, 6.07) is 7.38. The largest absolute Gasteiger partial charge is 0.496 e. The second-order valence-electron chi connectivity index (χ2n) is 6.24. The first-order valence-corrected chi connectivity index (χ1v) is 8.64. The van der Waals surface area contributed by atoms with Gasteiger partial charge in [-0.1, -0.05) is 0 Å². The number of urea groups is 1. The Kier molecular flexibility index (Phi) is 5.87. The Balaban J connectivity index is 1.81. The molecule has 3 N–H and O–H groups in total. The number of nitrogens with one attached hydrogen (secondary N) is 3. The summed E-state index contributed by atoms with van der Waals surface area (Å²) < 4.78 is 32.7. The van der Waals surface area contributed by atoms with Gasteiger partial charge in [0.1, 0.15) is 23.2 Å². The van der Waals surface area contributed by atoms with Crippen LogP contribution in [-0.2, 0) is 6.54 Å². The average molecular weight is 399 g/mol. The number of hydrogen-bond donors (Lipinski definition) is 3. The third kappa shape index (κ3) is 4.57. The van der Waals surface area contributed by atoms with E-state index in [2.05, 4.69) is 15.5 Å². The number of aromatic nitrogens is 2. The first-order valence-electron chi connectivity index (χ1n) is 8.64. The number of anilines is 1. The Morgan fingerprint density at radius 3 is 2.72 bits per heavy atom. The molecule has 0 aliphatic heterocycles. The van der Waals surface area contributed by atoms with Crippen LogP contribution in [0.15, 0.2) is 48.8 Å². The molecule has 0 radical (unpaired) electrons. The van der Waals surface area contributed by atoms with Gasteiger partial charge in [-0.15, -0.1) is 0 Å². The summed E-state index contributed by atoms with van der Waals surface area (Å²) in [7, 11) is 1.51. The number of benzene rings is 2. The number of nitrogens with zero attached hydrogens (tertiary/aromatic N) is 2. The lowest BCUT2D eigenvalue weighted by atomic mass is 10.1. The normalized spacial score (nSPS) is 10.5. The fraction of sp³-hybridized carbons (Fsp3) is 0.150. The van der Waals surface area contributed by atoms with Crippen LogP contribution in [0, 0.1) is 17.0 Å². The molecule has 0 saturated heterocycles. The van der Waals surface area contributed by atoms with Gasteiger partial charge < -0.3 is 10.1 Å². The van der Waals surface area contributed by atoms with Crippen molar-refractivity contribution in [1.82, 2.24) is 15.1 Å². The maximum atomic E-state index is 13.9. The minimum atomic E-state index is -0.656. The number of hydrogen-bond acceptors (Lipinski definition) is 4. The van der Waals surface area contributed by atoms with E-state index < -0.39 is 17.7 Å². The van der Waals surface area contributed by atoms with Crippen LogP contribution in [0.3, 0.4) is 0 Å². The van der Waals surface area contributed by atoms with Crippen molar-refractivity contribution < 1.29 is 18.3 Å². The van der Waals surface area contributed by atoms with Crippen molar-refractivity contribution in [2.75, 3.05) is 12.4 Å². The zero-order valence-corrected chi connectivity index (χ0v) is 15.8. The Hall–Kier alpha value is -3.75. The molecule has 0 unspecified atom stereocenters. The van der Waals surface area contributed by atoms with Gasteiger partial charge in [0.05, 0.1) is 19.9 Å². The van der Waals surface area contributed by atoms with E-state index in [1.54, 1.807) is 30.6 Å². The molecule has 1 heterocycles. The van der Waals surface area contributed by atoms with E-state index in [0.29, 0.717) is 11.4 Å². The van der Waals surface area contributed by atoms with Crippen LogP contribution in [0.25, 0.3) is 11.1 Å². The number of halogens is 2. The summed E-state index contributed by atoms with van der Waals surface area (Å²) in [5.41, 5.74) is 1.99. The fourth-order valence-electron chi connectivity index (χ4n) is 2.77. The van der Waals surface area contributed by atoms with Crippen LogP contribution in [0.4, 0.5) is 19.3 Å². The maximum absolute atomic E-state index is 13.9. The lowest BCUT2D eigenvalue weighted by molar-refractivity contribution is 0.231. The molecule has 0 saturated carbocycles. The van der Waals surface area contributed by atoms with Gasteiger partial charge in [0.15, 0.2) is 0 Å². The van der Waals surface area contributed by atoms with E-state index in [4.69, 9.17) is 10.1 Å². The minimum Gasteiger partial charge on any atom is -0.496 e. The van der Waals surface area contributed by atoms with Crippen LogP contribution in [-0.4, -0.2) is 34.1 Å². The molecule has 0 aliphatic carbocycles. The van der Waals surface area contributed by atoms with Crippen LogP contribution in [0.1, 0.15) is 12.5 Å². The zero-order chi connectivity index (χ0) is 21.0. The van der Waals surface area contributed by atoms with Crippen LogP contribution < -0.4 is 10.1 Å². The van der Waals surface area contributed by atoms with E-state index in [1.165, 1.54) is 14.0 Å². The highest BCUT2D eigenvalue weighted by molar-refractivity contribution is 6.01. The average Bonchev–Trinajstić information content (AvgIpc) is 3.22. The van der Waals surface area contributed by atoms with E-state index in [1.807, 2.05) is 0 Å². The molecule has 150 valence electrons. The summed E-state index contributed by atoms with van der Waals surface area (Å²) in [5, 5.41) is 17.1. The second-order valence-corrected chi connectivity index (χ2v) is 6.24. The molecule has 2 aromatic carbocycles. The number of carbonyl (C=O) groups is 1. The third-order valence-electron chi connectivity index (χ3n) is 4.25. The van der Waals surface area contributed by atoms with Crippen molar-refractivity contribution in [3.05, 3.63) is 66.0 Å². The van der Waals surface area contributed by atoms with E-state index in [0.717, 1.165) is 34.2 Å². The molecule has 3 rings (SSSR count). The molecule has 29 heavy (non-hydrogen) atoms. The molecular weight excluding hydrogens is 380 g/mol. The lowest BCUT2D eigenvalue weighted by Crippen LogP contribution is -2.38. The van der Waals surface area contributed by atoms with Gasteiger partial charge in [0.25, 0.3) is 0 Å². The van der Waals surface area contributed by atoms with Crippen molar-refractivity contribution >= 4 is 17.6 Å². The Morgan fingerprint density at radius 1 is 1.28 bits per heavy atom. The maximum Gasteiger partial charge on any atom is 0.327 e. The molecule has 2 amide bonds. The second kappa shape index (κ2) is 8.51. The van der Waals surface area contributed by atoms with E-state index in [-0.39, 0.29) is 17.9 Å². The summed E-state index contributed by atoms with van der Waals surface area (Å²) in [6.07, 6.45) is 3.35. The molecule has 3 aromatic rings. The quantitative estimate of drug-likeness (QED) is 0.439.